The van der Waals surface area contributed by atoms with Crippen molar-refractivity contribution in [2.75, 3.05) is 20.7 Å². The van der Waals surface area contributed by atoms with E-state index in [-0.39, 0.29) is 11.2 Å². The minimum Gasteiger partial charge on any atom is -0.504 e. The molecule has 2 fully saturated rings. The molecule has 1 saturated heterocycles. The average molecular weight is 261 g/mol. The highest BCUT2D eigenvalue weighted by Crippen LogP contribution is 2.49. The third kappa shape index (κ3) is 1.91. The van der Waals surface area contributed by atoms with Crippen LogP contribution in [0.5, 0.6) is 11.5 Å². The number of methoxy groups -OCH3 is 1. The van der Waals surface area contributed by atoms with E-state index in [1.807, 2.05) is 6.07 Å². The first-order valence-electron chi connectivity index (χ1n) is 7.25. The van der Waals surface area contributed by atoms with Crippen LogP contribution in [0.2, 0.25) is 0 Å². The van der Waals surface area contributed by atoms with Crippen LogP contribution in [0, 0.1) is 0 Å². The Balaban J connectivity index is 2.03. The van der Waals surface area contributed by atoms with E-state index in [2.05, 4.69) is 18.0 Å². The molecule has 19 heavy (non-hydrogen) atoms. The van der Waals surface area contributed by atoms with Gasteiger partial charge < -0.3 is 14.7 Å². The van der Waals surface area contributed by atoms with Crippen LogP contribution in [0.3, 0.4) is 0 Å². The summed E-state index contributed by atoms with van der Waals surface area (Å²) in [6, 6.07) is 6.57. The van der Waals surface area contributed by atoms with Gasteiger partial charge in [-0.1, -0.05) is 18.9 Å². The number of hydrogen-bond donors (Lipinski definition) is 1. The van der Waals surface area contributed by atoms with Gasteiger partial charge in [-0.3, -0.25) is 0 Å². The first-order chi connectivity index (χ1) is 9.17. The van der Waals surface area contributed by atoms with Crippen LogP contribution in [-0.4, -0.2) is 36.8 Å². The second-order valence-corrected chi connectivity index (χ2v) is 6.03. The van der Waals surface area contributed by atoms with Crippen molar-refractivity contribution in [1.82, 2.24) is 4.90 Å². The molecule has 3 heteroatoms. The van der Waals surface area contributed by atoms with Gasteiger partial charge in [0.25, 0.3) is 0 Å². The summed E-state index contributed by atoms with van der Waals surface area (Å²) in [6.45, 7) is 1.17. The standard InChI is InChI=1S/C16H23NO2/c1-17-10-9-16(8-4-3-5-15(16)17)12-6-7-13(18)14(11-12)19-2/h6-7,11,15,18H,3-5,8-10H2,1-2H3. The van der Waals surface area contributed by atoms with Crippen LogP contribution >= 0.6 is 0 Å². The molecule has 2 aliphatic rings. The topological polar surface area (TPSA) is 32.7 Å². The Morgan fingerprint density at radius 2 is 2.16 bits per heavy atom. The Hall–Kier alpha value is -1.22. The third-order valence-corrected chi connectivity index (χ3v) is 5.19. The van der Waals surface area contributed by atoms with Crippen LogP contribution in [-0.2, 0) is 5.41 Å². The molecule has 2 unspecified atom stereocenters. The van der Waals surface area contributed by atoms with E-state index in [0.29, 0.717) is 11.8 Å². The molecule has 1 aliphatic carbocycles. The molecular formula is C16H23NO2. The smallest absolute Gasteiger partial charge is 0.160 e. The number of fused-ring (bicyclic) bond motifs is 1. The van der Waals surface area contributed by atoms with Gasteiger partial charge >= 0.3 is 0 Å². The lowest BCUT2D eigenvalue weighted by Crippen LogP contribution is -2.43. The largest absolute Gasteiger partial charge is 0.504 e. The number of likely N-dealkylation sites (N-methyl/N-ethyl adjacent to an activating group) is 1. The second-order valence-electron chi connectivity index (χ2n) is 6.03. The number of phenolic OH excluding ortho intramolecular Hbond substituents is 1. The van der Waals surface area contributed by atoms with Crippen LogP contribution in [0.25, 0.3) is 0 Å². The Morgan fingerprint density at radius 3 is 2.95 bits per heavy atom. The van der Waals surface area contributed by atoms with Gasteiger partial charge in [0.05, 0.1) is 7.11 Å². The van der Waals surface area contributed by atoms with E-state index in [1.165, 1.54) is 44.2 Å². The molecule has 1 aliphatic heterocycles. The maximum atomic E-state index is 9.79. The summed E-state index contributed by atoms with van der Waals surface area (Å²) >= 11 is 0. The number of rotatable bonds is 2. The molecule has 104 valence electrons. The zero-order valence-electron chi connectivity index (χ0n) is 11.9. The quantitative estimate of drug-likeness (QED) is 0.888. The molecule has 1 aromatic rings. The SMILES string of the molecule is COc1cc(C23CCCCC2N(C)CC3)ccc1O. The van der Waals surface area contributed by atoms with Crippen molar-refractivity contribution in [3.05, 3.63) is 23.8 Å². The van der Waals surface area contributed by atoms with E-state index in [0.717, 1.165) is 0 Å². The highest BCUT2D eigenvalue weighted by Gasteiger charge is 2.48. The Kier molecular flexibility index (Phi) is 3.17. The fourth-order valence-corrected chi connectivity index (χ4v) is 4.15. The van der Waals surface area contributed by atoms with Crippen LogP contribution < -0.4 is 4.74 Å². The van der Waals surface area contributed by atoms with Crippen molar-refractivity contribution in [2.45, 2.75) is 43.6 Å². The van der Waals surface area contributed by atoms with Crippen molar-refractivity contribution < 1.29 is 9.84 Å². The molecule has 3 nitrogen and oxygen atoms in total. The minimum atomic E-state index is 0.237. The van der Waals surface area contributed by atoms with Gasteiger partial charge in [0.1, 0.15) is 0 Å². The first-order valence-corrected chi connectivity index (χ1v) is 7.25. The van der Waals surface area contributed by atoms with Gasteiger partial charge in [-0.25, -0.2) is 0 Å². The lowest BCUT2D eigenvalue weighted by atomic mass is 9.66. The highest BCUT2D eigenvalue weighted by atomic mass is 16.5. The number of phenols is 1. The van der Waals surface area contributed by atoms with E-state index in [4.69, 9.17) is 4.74 Å². The number of nitrogens with zero attached hydrogens (tertiary/aromatic N) is 1. The van der Waals surface area contributed by atoms with Crippen LogP contribution in [0.15, 0.2) is 18.2 Å². The van der Waals surface area contributed by atoms with E-state index in [9.17, 15) is 5.11 Å². The lowest BCUT2D eigenvalue weighted by Gasteiger charge is -2.41. The molecule has 3 rings (SSSR count). The number of ether oxygens (including phenoxy) is 1. The molecule has 0 spiro atoms. The van der Waals surface area contributed by atoms with Gasteiger partial charge in [-0.05, 0) is 50.6 Å². The normalized spacial score (nSPS) is 31.2. The van der Waals surface area contributed by atoms with E-state index < -0.39 is 0 Å². The lowest BCUT2D eigenvalue weighted by molar-refractivity contribution is 0.181. The van der Waals surface area contributed by atoms with Gasteiger partial charge in [0.15, 0.2) is 11.5 Å². The zero-order chi connectivity index (χ0) is 13.5. The second kappa shape index (κ2) is 4.71. The predicted octanol–water partition coefficient (Wildman–Crippen LogP) is 2.92. The van der Waals surface area contributed by atoms with E-state index >= 15 is 0 Å². The summed E-state index contributed by atoms with van der Waals surface area (Å²) in [4.78, 5) is 2.51. The molecular weight excluding hydrogens is 238 g/mol. The Morgan fingerprint density at radius 1 is 1.32 bits per heavy atom. The summed E-state index contributed by atoms with van der Waals surface area (Å²) in [6.07, 6.45) is 6.43. The number of hydrogen-bond acceptors (Lipinski definition) is 3. The molecule has 0 amide bonds. The molecule has 1 N–H and O–H groups in total. The van der Waals surface area contributed by atoms with Crippen molar-refractivity contribution in [1.29, 1.82) is 0 Å². The van der Waals surface area contributed by atoms with Crippen molar-refractivity contribution >= 4 is 0 Å². The zero-order valence-corrected chi connectivity index (χ0v) is 11.9. The van der Waals surface area contributed by atoms with Gasteiger partial charge in [0.2, 0.25) is 0 Å². The molecule has 1 saturated carbocycles. The van der Waals surface area contributed by atoms with Crippen molar-refractivity contribution in [3.63, 3.8) is 0 Å². The Labute approximate surface area is 115 Å². The molecule has 0 bridgehead atoms. The predicted molar refractivity (Wildman–Crippen MR) is 75.8 cm³/mol. The minimum absolute atomic E-state index is 0.237. The molecule has 1 aromatic carbocycles. The van der Waals surface area contributed by atoms with E-state index in [1.54, 1.807) is 13.2 Å². The van der Waals surface area contributed by atoms with Gasteiger partial charge in [-0.15, -0.1) is 0 Å². The maximum Gasteiger partial charge on any atom is 0.160 e. The van der Waals surface area contributed by atoms with Crippen LogP contribution in [0.1, 0.15) is 37.7 Å². The fourth-order valence-electron chi connectivity index (χ4n) is 4.15. The molecule has 2 atom stereocenters. The third-order valence-electron chi connectivity index (χ3n) is 5.19. The summed E-state index contributed by atoms with van der Waals surface area (Å²) in [5.74, 6) is 0.840. The average Bonchev–Trinajstić information content (AvgIpc) is 2.78. The monoisotopic (exact) mass is 261 g/mol. The number of benzene rings is 1. The van der Waals surface area contributed by atoms with Gasteiger partial charge in [-0.2, -0.15) is 0 Å². The summed E-state index contributed by atoms with van der Waals surface area (Å²) < 4.78 is 5.28. The van der Waals surface area contributed by atoms with Crippen LogP contribution in [0.4, 0.5) is 0 Å². The highest BCUT2D eigenvalue weighted by molar-refractivity contribution is 5.45. The summed E-state index contributed by atoms with van der Waals surface area (Å²) in [5, 5.41) is 9.79. The summed E-state index contributed by atoms with van der Waals surface area (Å²) in [5.41, 5.74) is 1.62. The van der Waals surface area contributed by atoms with Gasteiger partial charge in [0, 0.05) is 11.5 Å². The molecule has 0 radical (unpaired) electrons. The molecule has 0 aromatic heterocycles. The van der Waals surface area contributed by atoms with Crippen molar-refractivity contribution in [3.8, 4) is 11.5 Å². The maximum absolute atomic E-state index is 9.79. The Bertz CT molecular complexity index is 470. The molecule has 1 heterocycles. The van der Waals surface area contributed by atoms with Crippen molar-refractivity contribution in [2.24, 2.45) is 0 Å². The number of likely N-dealkylation sites (tertiary alicyclic amines) is 1. The fraction of sp³-hybridized carbons (Fsp3) is 0.625. The summed E-state index contributed by atoms with van der Waals surface area (Å²) in [7, 11) is 3.87. The number of aromatic hydroxyl groups is 1. The first kappa shape index (κ1) is 12.8.